The summed E-state index contributed by atoms with van der Waals surface area (Å²) < 4.78 is 0. The normalized spacial score (nSPS) is 19.3. The average Bonchev–Trinajstić information content (AvgIpc) is 2.40. The third-order valence-corrected chi connectivity index (χ3v) is 3.52. The molecule has 0 saturated carbocycles. The molecule has 0 aliphatic carbocycles. The molecule has 4 heteroatoms. The lowest BCUT2D eigenvalue weighted by atomic mass is 10.1. The third kappa shape index (κ3) is 3.40. The van der Waals surface area contributed by atoms with Crippen molar-refractivity contribution in [2.75, 3.05) is 37.6 Å². The summed E-state index contributed by atoms with van der Waals surface area (Å²) in [6, 6.07) is 3.99. The molecule has 4 nitrogen and oxygen atoms in total. The van der Waals surface area contributed by atoms with Gasteiger partial charge in [-0.1, -0.05) is 20.3 Å². The van der Waals surface area contributed by atoms with Gasteiger partial charge in [-0.15, -0.1) is 5.10 Å². The van der Waals surface area contributed by atoms with Gasteiger partial charge in [0.1, 0.15) is 0 Å². The molecule has 17 heavy (non-hydrogen) atoms. The van der Waals surface area contributed by atoms with Gasteiger partial charge >= 0.3 is 0 Å². The second kappa shape index (κ2) is 5.96. The van der Waals surface area contributed by atoms with Crippen LogP contribution in [0.25, 0.3) is 0 Å². The van der Waals surface area contributed by atoms with Gasteiger partial charge in [-0.2, -0.15) is 5.10 Å². The molecule has 1 aliphatic heterocycles. The Balaban J connectivity index is 1.82. The van der Waals surface area contributed by atoms with Crippen LogP contribution < -0.4 is 4.90 Å². The van der Waals surface area contributed by atoms with Crippen molar-refractivity contribution < 1.29 is 0 Å². The Hall–Kier alpha value is -1.16. The van der Waals surface area contributed by atoms with Gasteiger partial charge < -0.3 is 4.90 Å². The van der Waals surface area contributed by atoms with E-state index in [1.165, 1.54) is 13.0 Å². The first-order valence-corrected chi connectivity index (χ1v) is 6.54. The van der Waals surface area contributed by atoms with E-state index in [1.807, 2.05) is 12.1 Å². The first-order valence-electron chi connectivity index (χ1n) is 6.54. The maximum atomic E-state index is 4.16. The molecule has 1 atom stereocenters. The van der Waals surface area contributed by atoms with Crippen LogP contribution in [0.15, 0.2) is 18.3 Å². The highest BCUT2D eigenvalue weighted by atomic mass is 15.3. The van der Waals surface area contributed by atoms with Gasteiger partial charge in [-0.25, -0.2) is 0 Å². The lowest BCUT2D eigenvalue weighted by molar-refractivity contribution is 0.222. The predicted octanol–water partition coefficient (Wildman–Crippen LogP) is 1.64. The predicted molar refractivity (Wildman–Crippen MR) is 70.1 cm³/mol. The fourth-order valence-electron chi connectivity index (χ4n) is 2.19. The van der Waals surface area contributed by atoms with Crippen LogP contribution in [0.3, 0.4) is 0 Å². The van der Waals surface area contributed by atoms with E-state index in [2.05, 4.69) is 33.8 Å². The van der Waals surface area contributed by atoms with Crippen molar-refractivity contribution in [2.45, 2.75) is 20.3 Å². The molecule has 0 aromatic carbocycles. The Kier molecular flexibility index (Phi) is 4.31. The second-order valence-electron chi connectivity index (χ2n) is 4.88. The molecular formula is C13H22N4. The third-order valence-electron chi connectivity index (χ3n) is 3.52. The Labute approximate surface area is 104 Å². The summed E-state index contributed by atoms with van der Waals surface area (Å²) in [5, 5.41) is 8.10. The molecule has 2 rings (SSSR count). The van der Waals surface area contributed by atoms with Gasteiger partial charge in [0, 0.05) is 38.9 Å². The smallest absolute Gasteiger partial charge is 0.151 e. The fraction of sp³-hybridized carbons (Fsp3) is 0.692. The minimum absolute atomic E-state index is 0.804. The van der Waals surface area contributed by atoms with E-state index in [-0.39, 0.29) is 0 Å². The first kappa shape index (κ1) is 12.3. The fourth-order valence-corrected chi connectivity index (χ4v) is 2.19. The molecular weight excluding hydrogens is 212 g/mol. The van der Waals surface area contributed by atoms with E-state index in [1.54, 1.807) is 6.20 Å². The van der Waals surface area contributed by atoms with Crippen LogP contribution in [0, 0.1) is 5.92 Å². The maximum Gasteiger partial charge on any atom is 0.151 e. The number of aromatic nitrogens is 2. The Bertz CT molecular complexity index is 319. The summed E-state index contributed by atoms with van der Waals surface area (Å²) in [7, 11) is 0. The number of rotatable bonds is 4. The Morgan fingerprint density at radius 2 is 2.06 bits per heavy atom. The van der Waals surface area contributed by atoms with Crippen LogP contribution >= 0.6 is 0 Å². The highest BCUT2D eigenvalue weighted by Gasteiger charge is 2.18. The molecule has 0 radical (unpaired) electrons. The summed E-state index contributed by atoms with van der Waals surface area (Å²) in [5.41, 5.74) is 0. The van der Waals surface area contributed by atoms with E-state index in [4.69, 9.17) is 0 Å². The highest BCUT2D eigenvalue weighted by Crippen LogP contribution is 2.13. The molecule has 1 saturated heterocycles. The van der Waals surface area contributed by atoms with Gasteiger partial charge in [-0.05, 0) is 18.1 Å². The first-order chi connectivity index (χ1) is 8.29. The molecule has 1 aliphatic rings. The monoisotopic (exact) mass is 234 g/mol. The molecule has 0 amide bonds. The standard InChI is InChI=1S/C13H22N4/c1-3-12(2)11-16-7-9-17(10-8-16)13-5-4-6-14-15-13/h4-6,12H,3,7-11H2,1-2H3/t12-/m0/s1. The van der Waals surface area contributed by atoms with Crippen LogP contribution in [0.1, 0.15) is 20.3 Å². The molecule has 0 spiro atoms. The van der Waals surface area contributed by atoms with E-state index in [0.29, 0.717) is 0 Å². The van der Waals surface area contributed by atoms with Crippen LogP contribution in [-0.4, -0.2) is 47.8 Å². The van der Waals surface area contributed by atoms with E-state index >= 15 is 0 Å². The molecule has 0 unspecified atom stereocenters. The van der Waals surface area contributed by atoms with Gasteiger partial charge in [0.15, 0.2) is 5.82 Å². The van der Waals surface area contributed by atoms with Crippen molar-refractivity contribution in [1.29, 1.82) is 0 Å². The number of nitrogens with zero attached hydrogens (tertiary/aromatic N) is 4. The van der Waals surface area contributed by atoms with Gasteiger partial charge in [0.2, 0.25) is 0 Å². The van der Waals surface area contributed by atoms with Gasteiger partial charge in [0.05, 0.1) is 0 Å². The zero-order valence-electron chi connectivity index (χ0n) is 10.8. The zero-order chi connectivity index (χ0) is 12.1. The summed E-state index contributed by atoms with van der Waals surface area (Å²) in [4.78, 5) is 4.88. The van der Waals surface area contributed by atoms with Gasteiger partial charge in [0.25, 0.3) is 0 Å². The number of piperazine rings is 1. The van der Waals surface area contributed by atoms with Crippen LogP contribution in [0.5, 0.6) is 0 Å². The molecule has 94 valence electrons. The molecule has 1 aromatic rings. The topological polar surface area (TPSA) is 32.3 Å². The van der Waals surface area contributed by atoms with Crippen LogP contribution in [-0.2, 0) is 0 Å². The largest absolute Gasteiger partial charge is 0.353 e. The van der Waals surface area contributed by atoms with E-state index in [0.717, 1.165) is 37.9 Å². The van der Waals surface area contributed by atoms with Crippen molar-refractivity contribution in [3.8, 4) is 0 Å². The quantitative estimate of drug-likeness (QED) is 0.793. The molecule has 2 heterocycles. The lowest BCUT2D eigenvalue weighted by Crippen LogP contribution is -2.47. The van der Waals surface area contributed by atoms with Gasteiger partial charge in [-0.3, -0.25) is 4.90 Å². The summed E-state index contributed by atoms with van der Waals surface area (Å²) in [5.74, 6) is 1.81. The second-order valence-corrected chi connectivity index (χ2v) is 4.88. The Morgan fingerprint density at radius 3 is 2.65 bits per heavy atom. The summed E-state index contributed by atoms with van der Waals surface area (Å²) in [6.07, 6.45) is 2.99. The Morgan fingerprint density at radius 1 is 1.29 bits per heavy atom. The van der Waals surface area contributed by atoms with Crippen molar-refractivity contribution in [1.82, 2.24) is 15.1 Å². The minimum Gasteiger partial charge on any atom is -0.353 e. The number of hydrogen-bond acceptors (Lipinski definition) is 4. The van der Waals surface area contributed by atoms with Crippen molar-refractivity contribution in [3.63, 3.8) is 0 Å². The molecule has 0 bridgehead atoms. The average molecular weight is 234 g/mol. The summed E-state index contributed by atoms with van der Waals surface area (Å²) >= 11 is 0. The molecule has 0 N–H and O–H groups in total. The number of hydrogen-bond donors (Lipinski definition) is 0. The minimum atomic E-state index is 0.804. The SMILES string of the molecule is CC[C@H](C)CN1CCN(c2cccnn2)CC1. The van der Waals surface area contributed by atoms with Crippen molar-refractivity contribution in [3.05, 3.63) is 18.3 Å². The molecule has 1 fully saturated rings. The van der Waals surface area contributed by atoms with E-state index in [9.17, 15) is 0 Å². The van der Waals surface area contributed by atoms with Crippen molar-refractivity contribution in [2.24, 2.45) is 5.92 Å². The lowest BCUT2D eigenvalue weighted by Gasteiger charge is -2.36. The number of anilines is 1. The van der Waals surface area contributed by atoms with Crippen LogP contribution in [0.4, 0.5) is 5.82 Å². The van der Waals surface area contributed by atoms with Crippen LogP contribution in [0.2, 0.25) is 0 Å². The van der Waals surface area contributed by atoms with Crippen molar-refractivity contribution >= 4 is 5.82 Å². The maximum absolute atomic E-state index is 4.16. The zero-order valence-corrected chi connectivity index (χ0v) is 10.8. The summed E-state index contributed by atoms with van der Waals surface area (Å²) in [6.45, 7) is 10.2. The van der Waals surface area contributed by atoms with E-state index < -0.39 is 0 Å². The molecule has 1 aromatic heterocycles. The highest BCUT2D eigenvalue weighted by molar-refractivity contribution is 5.36.